The first-order valence-electron chi connectivity index (χ1n) is 7.74. The summed E-state index contributed by atoms with van der Waals surface area (Å²) in [5.74, 6) is 0.322. The highest BCUT2D eigenvalue weighted by Crippen LogP contribution is 2.19. The summed E-state index contributed by atoms with van der Waals surface area (Å²) in [6, 6.07) is 17.9. The summed E-state index contributed by atoms with van der Waals surface area (Å²) in [5.41, 5.74) is 6.63. The van der Waals surface area contributed by atoms with Gasteiger partial charge in [0.15, 0.2) is 0 Å². The SMILES string of the molecule is Oc1cccc(CCC2=CC(CCc3ccccc3)ON2)c1. The van der Waals surface area contributed by atoms with Crippen molar-refractivity contribution in [2.45, 2.75) is 31.8 Å². The van der Waals surface area contributed by atoms with Crippen molar-refractivity contribution in [3.05, 3.63) is 77.5 Å². The van der Waals surface area contributed by atoms with E-state index in [1.165, 1.54) is 5.56 Å². The van der Waals surface area contributed by atoms with Gasteiger partial charge in [-0.05, 0) is 55.0 Å². The van der Waals surface area contributed by atoms with Gasteiger partial charge in [-0.1, -0.05) is 42.5 Å². The van der Waals surface area contributed by atoms with Gasteiger partial charge in [0.2, 0.25) is 0 Å². The highest BCUT2D eigenvalue weighted by molar-refractivity contribution is 5.27. The number of phenolic OH excluding ortho intramolecular Hbond substituents is 1. The van der Waals surface area contributed by atoms with Crippen molar-refractivity contribution < 1.29 is 9.94 Å². The summed E-state index contributed by atoms with van der Waals surface area (Å²) in [4.78, 5) is 5.61. The summed E-state index contributed by atoms with van der Waals surface area (Å²) in [7, 11) is 0. The maximum absolute atomic E-state index is 9.47. The van der Waals surface area contributed by atoms with Crippen LogP contribution in [-0.2, 0) is 17.7 Å². The van der Waals surface area contributed by atoms with Gasteiger partial charge in [-0.3, -0.25) is 10.3 Å². The van der Waals surface area contributed by atoms with Crippen LogP contribution in [0.25, 0.3) is 0 Å². The molecule has 1 heterocycles. The number of aryl methyl sites for hydroxylation is 2. The van der Waals surface area contributed by atoms with Gasteiger partial charge in [0.05, 0.1) is 0 Å². The van der Waals surface area contributed by atoms with E-state index >= 15 is 0 Å². The smallest absolute Gasteiger partial charge is 0.115 e. The standard InChI is InChI=1S/C19H21NO2/c21-18-8-4-7-16(13-18)9-11-17-14-19(22-20-17)12-10-15-5-2-1-3-6-15/h1-8,13-14,19-21H,9-12H2. The minimum Gasteiger partial charge on any atom is -0.508 e. The molecule has 1 atom stereocenters. The summed E-state index contributed by atoms with van der Waals surface area (Å²) in [5, 5.41) is 9.47. The molecular weight excluding hydrogens is 274 g/mol. The molecule has 22 heavy (non-hydrogen) atoms. The van der Waals surface area contributed by atoms with Gasteiger partial charge in [0.25, 0.3) is 0 Å². The van der Waals surface area contributed by atoms with E-state index in [9.17, 15) is 5.11 Å². The van der Waals surface area contributed by atoms with E-state index in [1.807, 2.05) is 24.3 Å². The number of hydrogen-bond donors (Lipinski definition) is 2. The third kappa shape index (κ3) is 4.12. The van der Waals surface area contributed by atoms with Crippen molar-refractivity contribution in [2.24, 2.45) is 0 Å². The van der Waals surface area contributed by atoms with Crippen molar-refractivity contribution in [2.75, 3.05) is 0 Å². The van der Waals surface area contributed by atoms with Crippen LogP contribution in [0.15, 0.2) is 66.4 Å². The summed E-state index contributed by atoms with van der Waals surface area (Å²) in [6.45, 7) is 0. The summed E-state index contributed by atoms with van der Waals surface area (Å²) < 4.78 is 0. The van der Waals surface area contributed by atoms with E-state index in [2.05, 4.69) is 35.8 Å². The fourth-order valence-corrected chi connectivity index (χ4v) is 2.67. The zero-order chi connectivity index (χ0) is 15.2. The zero-order valence-corrected chi connectivity index (χ0v) is 12.5. The van der Waals surface area contributed by atoms with E-state index in [-0.39, 0.29) is 6.10 Å². The largest absolute Gasteiger partial charge is 0.508 e. The Hall–Kier alpha value is -2.26. The summed E-state index contributed by atoms with van der Waals surface area (Å²) >= 11 is 0. The topological polar surface area (TPSA) is 41.5 Å². The molecule has 114 valence electrons. The number of allylic oxidation sites excluding steroid dienone is 1. The van der Waals surface area contributed by atoms with Gasteiger partial charge < -0.3 is 5.11 Å². The molecule has 0 radical (unpaired) electrons. The van der Waals surface area contributed by atoms with Crippen LogP contribution in [0.5, 0.6) is 5.75 Å². The molecule has 1 aliphatic rings. The van der Waals surface area contributed by atoms with Gasteiger partial charge in [0.1, 0.15) is 11.9 Å². The number of phenols is 1. The molecule has 0 saturated carbocycles. The highest BCUT2D eigenvalue weighted by Gasteiger charge is 2.16. The Morgan fingerprint density at radius 1 is 0.909 bits per heavy atom. The van der Waals surface area contributed by atoms with Crippen LogP contribution in [0.4, 0.5) is 0 Å². The molecule has 3 nitrogen and oxygen atoms in total. The molecule has 0 spiro atoms. The number of rotatable bonds is 6. The predicted octanol–water partition coefficient (Wildman–Crippen LogP) is 3.74. The third-order valence-electron chi connectivity index (χ3n) is 3.88. The van der Waals surface area contributed by atoms with Crippen molar-refractivity contribution in [3.63, 3.8) is 0 Å². The molecule has 0 fully saturated rings. The zero-order valence-electron chi connectivity index (χ0n) is 12.5. The molecule has 3 rings (SSSR count). The molecule has 0 saturated heterocycles. The average Bonchev–Trinajstić information content (AvgIpc) is 3.00. The second kappa shape index (κ2) is 7.14. The minimum atomic E-state index is 0.138. The Labute approximate surface area is 131 Å². The number of hydrogen-bond acceptors (Lipinski definition) is 3. The lowest BCUT2D eigenvalue weighted by Crippen LogP contribution is -2.13. The van der Waals surface area contributed by atoms with Crippen molar-refractivity contribution in [1.29, 1.82) is 0 Å². The van der Waals surface area contributed by atoms with Crippen molar-refractivity contribution in [1.82, 2.24) is 5.48 Å². The van der Waals surface area contributed by atoms with Gasteiger partial charge in [-0.2, -0.15) is 0 Å². The Kier molecular flexibility index (Phi) is 4.76. The van der Waals surface area contributed by atoms with Crippen LogP contribution in [-0.4, -0.2) is 11.2 Å². The normalized spacial score (nSPS) is 17.1. The quantitative estimate of drug-likeness (QED) is 0.853. The molecule has 1 unspecified atom stereocenters. The van der Waals surface area contributed by atoms with Crippen molar-refractivity contribution >= 4 is 0 Å². The van der Waals surface area contributed by atoms with Gasteiger partial charge in [-0.25, -0.2) is 0 Å². The van der Waals surface area contributed by atoms with E-state index in [4.69, 9.17) is 4.84 Å². The lowest BCUT2D eigenvalue weighted by atomic mass is 10.0. The van der Waals surface area contributed by atoms with Crippen LogP contribution in [0, 0.1) is 0 Å². The third-order valence-corrected chi connectivity index (χ3v) is 3.88. The number of nitrogens with one attached hydrogen (secondary N) is 1. The number of aromatic hydroxyl groups is 1. The lowest BCUT2D eigenvalue weighted by Gasteiger charge is -2.07. The first-order valence-corrected chi connectivity index (χ1v) is 7.74. The fraction of sp³-hybridized carbons (Fsp3) is 0.263. The Morgan fingerprint density at radius 3 is 2.55 bits per heavy atom. The van der Waals surface area contributed by atoms with Gasteiger partial charge >= 0.3 is 0 Å². The molecule has 0 bridgehead atoms. The van der Waals surface area contributed by atoms with Crippen LogP contribution in [0.2, 0.25) is 0 Å². The molecular formula is C19H21NO2. The molecule has 2 aromatic carbocycles. The average molecular weight is 295 g/mol. The van der Waals surface area contributed by atoms with E-state index in [0.29, 0.717) is 5.75 Å². The second-order valence-corrected chi connectivity index (χ2v) is 5.64. The van der Waals surface area contributed by atoms with Gasteiger partial charge in [-0.15, -0.1) is 0 Å². The highest BCUT2D eigenvalue weighted by atomic mass is 16.7. The lowest BCUT2D eigenvalue weighted by molar-refractivity contribution is 0.0372. The van der Waals surface area contributed by atoms with Crippen LogP contribution < -0.4 is 5.48 Å². The Morgan fingerprint density at radius 2 is 1.73 bits per heavy atom. The van der Waals surface area contributed by atoms with E-state index < -0.39 is 0 Å². The Bertz CT molecular complexity index is 637. The van der Waals surface area contributed by atoms with Crippen LogP contribution in [0.1, 0.15) is 24.0 Å². The first kappa shape index (κ1) is 14.7. The molecule has 2 aromatic rings. The molecule has 2 N–H and O–H groups in total. The van der Waals surface area contributed by atoms with Crippen molar-refractivity contribution in [3.8, 4) is 5.75 Å². The van der Waals surface area contributed by atoms with Crippen LogP contribution in [0.3, 0.4) is 0 Å². The van der Waals surface area contributed by atoms with E-state index in [0.717, 1.165) is 36.9 Å². The maximum atomic E-state index is 9.47. The van der Waals surface area contributed by atoms with Crippen LogP contribution >= 0.6 is 0 Å². The van der Waals surface area contributed by atoms with E-state index in [1.54, 1.807) is 6.07 Å². The second-order valence-electron chi connectivity index (χ2n) is 5.64. The fourth-order valence-electron chi connectivity index (χ4n) is 2.67. The first-order chi connectivity index (χ1) is 10.8. The monoisotopic (exact) mass is 295 g/mol. The molecule has 0 aromatic heterocycles. The Balaban J connectivity index is 1.47. The summed E-state index contributed by atoms with van der Waals surface area (Å²) in [6.07, 6.45) is 6.09. The molecule has 0 aliphatic carbocycles. The molecule has 0 amide bonds. The number of hydroxylamine groups is 1. The predicted molar refractivity (Wildman–Crippen MR) is 87.3 cm³/mol. The molecule has 3 heteroatoms. The minimum absolute atomic E-state index is 0.138. The van der Waals surface area contributed by atoms with Gasteiger partial charge in [0, 0.05) is 5.70 Å². The maximum Gasteiger partial charge on any atom is 0.115 e. The molecule has 1 aliphatic heterocycles. The number of benzene rings is 2.